The second-order valence-electron chi connectivity index (χ2n) is 4.49. The van der Waals surface area contributed by atoms with E-state index in [-0.39, 0.29) is 5.97 Å². The molecule has 5 heteroatoms. The highest BCUT2D eigenvalue weighted by molar-refractivity contribution is 5.79. The zero-order valence-electron chi connectivity index (χ0n) is 10.3. The van der Waals surface area contributed by atoms with Crippen LogP contribution >= 0.6 is 0 Å². The van der Waals surface area contributed by atoms with Crippen LogP contribution in [-0.4, -0.2) is 29.7 Å². The fourth-order valence-corrected chi connectivity index (χ4v) is 1.74. The fraction of sp³-hybridized carbons (Fsp3) is 0.583. The van der Waals surface area contributed by atoms with Gasteiger partial charge in [0.15, 0.2) is 0 Å². The number of methoxy groups -OCH3 is 1. The van der Waals surface area contributed by atoms with Gasteiger partial charge in [-0.3, -0.25) is 4.79 Å². The van der Waals surface area contributed by atoms with Crippen LogP contribution in [0.3, 0.4) is 0 Å². The molecule has 92 valence electrons. The van der Waals surface area contributed by atoms with E-state index in [4.69, 9.17) is 9.47 Å². The first-order valence-electron chi connectivity index (χ1n) is 5.59. The molecule has 0 unspecified atom stereocenters. The first-order valence-corrected chi connectivity index (χ1v) is 5.59. The number of hydrogen-bond acceptors (Lipinski definition) is 5. The predicted octanol–water partition coefficient (Wildman–Crippen LogP) is 1.43. The third-order valence-electron chi connectivity index (χ3n) is 2.91. The van der Waals surface area contributed by atoms with Crippen molar-refractivity contribution in [3.63, 3.8) is 0 Å². The smallest absolute Gasteiger partial charge is 0.316 e. The van der Waals surface area contributed by atoms with Crippen molar-refractivity contribution < 1.29 is 14.3 Å². The molecule has 5 nitrogen and oxygen atoms in total. The number of hydrogen-bond donors (Lipinski definition) is 0. The second kappa shape index (κ2) is 4.31. The Labute approximate surface area is 100 Å². The molecule has 0 aromatic carbocycles. The third kappa shape index (κ3) is 2.54. The molecule has 17 heavy (non-hydrogen) atoms. The van der Waals surface area contributed by atoms with E-state index in [9.17, 15) is 4.79 Å². The van der Waals surface area contributed by atoms with Crippen molar-refractivity contribution in [3.8, 4) is 6.01 Å². The molecule has 1 aliphatic carbocycles. The maximum atomic E-state index is 11.5. The number of aryl methyl sites for hydroxylation is 2. The summed E-state index contributed by atoms with van der Waals surface area (Å²) in [5.74, 6) is -0.207. The van der Waals surface area contributed by atoms with Gasteiger partial charge < -0.3 is 9.47 Å². The summed E-state index contributed by atoms with van der Waals surface area (Å²) < 4.78 is 10.2. The number of aromatic nitrogens is 2. The molecule has 0 bridgehead atoms. The minimum Gasteiger partial charge on any atom is -0.468 e. The summed E-state index contributed by atoms with van der Waals surface area (Å²) in [7, 11) is 1.40. The quantitative estimate of drug-likeness (QED) is 0.740. The van der Waals surface area contributed by atoms with Gasteiger partial charge in [0.2, 0.25) is 0 Å². The highest BCUT2D eigenvalue weighted by atomic mass is 16.5. The average Bonchev–Trinajstić information content (AvgIpc) is 3.05. The highest BCUT2D eigenvalue weighted by Crippen LogP contribution is 2.46. The van der Waals surface area contributed by atoms with E-state index in [1.807, 2.05) is 19.9 Å². The molecule has 0 saturated heterocycles. The SMILES string of the molecule is COC(=O)C1(COc2nc(C)cc(C)n2)CC1. The van der Waals surface area contributed by atoms with Gasteiger partial charge in [-0.1, -0.05) is 0 Å². The summed E-state index contributed by atoms with van der Waals surface area (Å²) in [4.78, 5) is 19.8. The van der Waals surface area contributed by atoms with Crippen LogP contribution in [0.4, 0.5) is 0 Å². The Hall–Kier alpha value is -1.65. The van der Waals surface area contributed by atoms with Gasteiger partial charge in [0.05, 0.1) is 7.11 Å². The van der Waals surface area contributed by atoms with Crippen LogP contribution in [-0.2, 0) is 9.53 Å². The number of esters is 1. The Morgan fingerprint density at radius 1 is 1.35 bits per heavy atom. The molecule has 1 aromatic rings. The molecule has 1 aliphatic rings. The molecule has 0 amide bonds. The topological polar surface area (TPSA) is 61.3 Å². The second-order valence-corrected chi connectivity index (χ2v) is 4.49. The van der Waals surface area contributed by atoms with Crippen LogP contribution in [0.1, 0.15) is 24.2 Å². The van der Waals surface area contributed by atoms with Gasteiger partial charge >= 0.3 is 12.0 Å². The molecular formula is C12H16N2O3. The van der Waals surface area contributed by atoms with Crippen LogP contribution in [0.5, 0.6) is 6.01 Å². The fourth-order valence-electron chi connectivity index (χ4n) is 1.74. The minimum atomic E-state index is -0.463. The zero-order chi connectivity index (χ0) is 12.5. The summed E-state index contributed by atoms with van der Waals surface area (Å²) in [6.07, 6.45) is 1.62. The Morgan fingerprint density at radius 2 is 1.94 bits per heavy atom. The van der Waals surface area contributed by atoms with Gasteiger partial charge in [0.1, 0.15) is 12.0 Å². The predicted molar refractivity (Wildman–Crippen MR) is 60.7 cm³/mol. The van der Waals surface area contributed by atoms with Crippen molar-refractivity contribution in [1.29, 1.82) is 0 Å². The van der Waals surface area contributed by atoms with E-state index < -0.39 is 5.41 Å². The highest BCUT2D eigenvalue weighted by Gasteiger charge is 2.52. The lowest BCUT2D eigenvalue weighted by Crippen LogP contribution is -2.25. The largest absolute Gasteiger partial charge is 0.468 e. The number of ether oxygens (including phenoxy) is 2. The third-order valence-corrected chi connectivity index (χ3v) is 2.91. The van der Waals surface area contributed by atoms with Crippen molar-refractivity contribution in [2.75, 3.05) is 13.7 Å². The molecule has 0 N–H and O–H groups in total. The Bertz CT molecular complexity index is 421. The van der Waals surface area contributed by atoms with E-state index in [0.717, 1.165) is 24.2 Å². The lowest BCUT2D eigenvalue weighted by molar-refractivity contribution is -0.148. The van der Waals surface area contributed by atoms with E-state index in [2.05, 4.69) is 9.97 Å². The molecule has 0 atom stereocenters. The van der Waals surface area contributed by atoms with Crippen molar-refractivity contribution in [2.45, 2.75) is 26.7 Å². The van der Waals surface area contributed by atoms with Gasteiger partial charge in [0, 0.05) is 11.4 Å². The van der Waals surface area contributed by atoms with Crippen LogP contribution in [0.15, 0.2) is 6.07 Å². The lowest BCUT2D eigenvalue weighted by atomic mass is 10.1. The van der Waals surface area contributed by atoms with E-state index in [1.165, 1.54) is 7.11 Å². The summed E-state index contributed by atoms with van der Waals surface area (Å²) in [6.45, 7) is 4.06. The van der Waals surface area contributed by atoms with Crippen LogP contribution < -0.4 is 4.74 Å². The van der Waals surface area contributed by atoms with Gasteiger partial charge in [-0.25, -0.2) is 9.97 Å². The van der Waals surface area contributed by atoms with Gasteiger partial charge in [-0.15, -0.1) is 0 Å². The summed E-state index contributed by atoms with van der Waals surface area (Å²) in [5.41, 5.74) is 1.25. The first kappa shape index (κ1) is 11.8. The Balaban J connectivity index is 2.01. The maximum absolute atomic E-state index is 11.5. The monoisotopic (exact) mass is 236 g/mol. The minimum absolute atomic E-state index is 0.207. The number of rotatable bonds is 4. The van der Waals surface area contributed by atoms with Crippen LogP contribution in [0.2, 0.25) is 0 Å². The molecule has 0 spiro atoms. The number of carbonyl (C=O) groups is 1. The van der Waals surface area contributed by atoms with Crippen molar-refractivity contribution in [2.24, 2.45) is 5.41 Å². The van der Waals surface area contributed by atoms with Crippen molar-refractivity contribution in [1.82, 2.24) is 9.97 Å². The van der Waals surface area contributed by atoms with Crippen molar-refractivity contribution in [3.05, 3.63) is 17.5 Å². The molecule has 0 radical (unpaired) electrons. The summed E-state index contributed by atoms with van der Waals surface area (Å²) in [6, 6.07) is 2.21. The molecule has 2 rings (SSSR count). The molecule has 1 fully saturated rings. The molecule has 1 saturated carbocycles. The molecule has 1 aromatic heterocycles. The summed E-state index contributed by atoms with van der Waals surface area (Å²) in [5, 5.41) is 0. The standard InChI is InChI=1S/C12H16N2O3/c1-8-6-9(2)14-11(13-8)17-7-12(4-5-12)10(15)16-3/h6H,4-5,7H2,1-3H3. The molecule has 0 aliphatic heterocycles. The van der Waals surface area contributed by atoms with Gasteiger partial charge in [-0.05, 0) is 32.8 Å². The van der Waals surface area contributed by atoms with Gasteiger partial charge in [0.25, 0.3) is 0 Å². The molecular weight excluding hydrogens is 220 g/mol. The van der Waals surface area contributed by atoms with Crippen LogP contribution in [0.25, 0.3) is 0 Å². The average molecular weight is 236 g/mol. The number of carbonyl (C=O) groups excluding carboxylic acids is 1. The van der Waals surface area contributed by atoms with E-state index in [0.29, 0.717) is 12.6 Å². The Morgan fingerprint density at radius 3 is 2.41 bits per heavy atom. The lowest BCUT2D eigenvalue weighted by Gasteiger charge is -2.13. The van der Waals surface area contributed by atoms with Crippen LogP contribution in [0, 0.1) is 19.3 Å². The number of nitrogens with zero attached hydrogens (tertiary/aromatic N) is 2. The van der Waals surface area contributed by atoms with E-state index in [1.54, 1.807) is 0 Å². The van der Waals surface area contributed by atoms with E-state index >= 15 is 0 Å². The normalized spacial score (nSPS) is 16.4. The summed E-state index contributed by atoms with van der Waals surface area (Å²) >= 11 is 0. The first-order chi connectivity index (χ1) is 8.05. The van der Waals surface area contributed by atoms with Gasteiger partial charge in [-0.2, -0.15) is 0 Å². The molecule has 1 heterocycles. The Kier molecular flexibility index (Phi) is 3.00. The maximum Gasteiger partial charge on any atom is 0.316 e. The van der Waals surface area contributed by atoms with Crippen molar-refractivity contribution >= 4 is 5.97 Å². The zero-order valence-corrected chi connectivity index (χ0v) is 10.3.